The third-order valence-electron chi connectivity index (χ3n) is 2.38. The molecule has 0 heterocycles. The summed E-state index contributed by atoms with van der Waals surface area (Å²) in [7, 11) is 0. The van der Waals surface area contributed by atoms with Crippen LogP contribution >= 0.6 is 0 Å². The summed E-state index contributed by atoms with van der Waals surface area (Å²) in [5.74, 6) is 0.325. The van der Waals surface area contributed by atoms with Crippen molar-refractivity contribution in [3.63, 3.8) is 0 Å². The molecule has 0 unspecified atom stereocenters. The lowest BCUT2D eigenvalue weighted by molar-refractivity contribution is -0.119. The van der Waals surface area contributed by atoms with Crippen LogP contribution in [0.1, 0.15) is 17.5 Å². The first-order valence-corrected chi connectivity index (χ1v) is 5.25. The Labute approximate surface area is 95.6 Å². The van der Waals surface area contributed by atoms with E-state index in [1.165, 1.54) is 5.56 Å². The van der Waals surface area contributed by atoms with Gasteiger partial charge in [0.15, 0.2) is 0 Å². The lowest BCUT2D eigenvalue weighted by Crippen LogP contribution is -2.37. The van der Waals surface area contributed by atoms with Crippen molar-refractivity contribution in [2.75, 3.05) is 6.61 Å². The third kappa shape index (κ3) is 3.55. The Balaban J connectivity index is 2.46. The van der Waals surface area contributed by atoms with Gasteiger partial charge in [-0.1, -0.05) is 17.7 Å². The maximum absolute atomic E-state index is 10.7. The van der Waals surface area contributed by atoms with Crippen LogP contribution in [0.15, 0.2) is 18.2 Å². The van der Waals surface area contributed by atoms with Crippen LogP contribution < -0.4 is 16.2 Å². The van der Waals surface area contributed by atoms with Gasteiger partial charge in [-0.15, -0.1) is 0 Å². The Kier molecular flexibility index (Phi) is 4.31. The first-order valence-electron chi connectivity index (χ1n) is 5.25. The highest BCUT2D eigenvalue weighted by molar-refractivity contribution is 5.79. The van der Waals surface area contributed by atoms with Gasteiger partial charge in [-0.3, -0.25) is 4.79 Å². The highest BCUT2D eigenvalue weighted by Crippen LogP contribution is 2.18. The minimum absolute atomic E-state index is 0.397. The molecule has 0 spiro atoms. The van der Waals surface area contributed by atoms with Gasteiger partial charge in [-0.25, -0.2) is 0 Å². The summed E-state index contributed by atoms with van der Waals surface area (Å²) in [6, 6.07) is 5.31. The lowest BCUT2D eigenvalue weighted by atomic mass is 10.1. The summed E-state index contributed by atoms with van der Waals surface area (Å²) in [4.78, 5) is 10.7. The van der Waals surface area contributed by atoms with Crippen molar-refractivity contribution in [1.82, 2.24) is 0 Å². The molecule has 4 N–H and O–H groups in total. The number of carbonyl (C=O) groups excluding carboxylic acids is 1. The van der Waals surface area contributed by atoms with Crippen molar-refractivity contribution in [2.45, 2.75) is 26.3 Å². The van der Waals surface area contributed by atoms with E-state index in [-0.39, 0.29) is 0 Å². The summed E-state index contributed by atoms with van der Waals surface area (Å²) in [6.45, 7) is 4.41. The van der Waals surface area contributed by atoms with Gasteiger partial charge >= 0.3 is 0 Å². The van der Waals surface area contributed by atoms with Gasteiger partial charge in [0.2, 0.25) is 5.91 Å². The van der Waals surface area contributed by atoms with E-state index in [4.69, 9.17) is 16.2 Å². The number of ether oxygens (including phenoxy) is 1. The zero-order chi connectivity index (χ0) is 12.1. The topological polar surface area (TPSA) is 78.3 Å². The molecule has 0 saturated carbocycles. The Morgan fingerprint density at radius 2 is 2.12 bits per heavy atom. The van der Waals surface area contributed by atoms with Crippen molar-refractivity contribution < 1.29 is 9.53 Å². The average Bonchev–Trinajstić information content (AvgIpc) is 2.20. The third-order valence-corrected chi connectivity index (χ3v) is 2.38. The molecular formula is C12H18N2O2. The zero-order valence-corrected chi connectivity index (χ0v) is 9.69. The number of hydrogen-bond donors (Lipinski definition) is 2. The predicted octanol–water partition coefficient (Wildman–Crippen LogP) is 0.885. The summed E-state index contributed by atoms with van der Waals surface area (Å²) in [5, 5.41) is 0. The van der Waals surface area contributed by atoms with E-state index < -0.39 is 11.9 Å². The smallest absolute Gasteiger partial charge is 0.234 e. The molecule has 16 heavy (non-hydrogen) atoms. The molecule has 0 radical (unpaired) electrons. The Bertz CT molecular complexity index is 377. The van der Waals surface area contributed by atoms with Gasteiger partial charge in [0.25, 0.3) is 0 Å². The molecule has 4 heteroatoms. The first-order chi connectivity index (χ1) is 7.50. The average molecular weight is 222 g/mol. The van der Waals surface area contributed by atoms with Gasteiger partial charge in [0.1, 0.15) is 5.75 Å². The standard InChI is InChI=1S/C12H18N2O2/c1-8-3-4-11(9(2)7-8)16-6-5-10(13)12(14)15/h3-4,7,10H,5-6,13H2,1-2H3,(H2,14,15)/t10-/m0/s1. The van der Waals surface area contributed by atoms with E-state index in [2.05, 4.69) is 0 Å². The first kappa shape index (κ1) is 12.5. The molecule has 1 amide bonds. The second-order valence-corrected chi connectivity index (χ2v) is 3.91. The Hall–Kier alpha value is -1.55. The van der Waals surface area contributed by atoms with E-state index in [1.807, 2.05) is 32.0 Å². The number of benzene rings is 1. The van der Waals surface area contributed by atoms with Crippen LogP contribution in [0, 0.1) is 13.8 Å². The molecule has 1 atom stereocenters. The highest BCUT2D eigenvalue weighted by Gasteiger charge is 2.09. The SMILES string of the molecule is Cc1ccc(OCC[C@H](N)C(N)=O)c(C)c1. The fourth-order valence-electron chi connectivity index (χ4n) is 1.40. The Morgan fingerprint density at radius 3 is 2.69 bits per heavy atom. The minimum Gasteiger partial charge on any atom is -0.493 e. The van der Waals surface area contributed by atoms with Gasteiger partial charge < -0.3 is 16.2 Å². The summed E-state index contributed by atoms with van der Waals surface area (Å²) < 4.78 is 5.52. The number of primary amides is 1. The maximum atomic E-state index is 10.7. The fourth-order valence-corrected chi connectivity index (χ4v) is 1.40. The molecule has 1 aromatic carbocycles. The van der Waals surface area contributed by atoms with E-state index in [0.717, 1.165) is 11.3 Å². The van der Waals surface area contributed by atoms with Crippen LogP contribution in [0.25, 0.3) is 0 Å². The fraction of sp³-hybridized carbons (Fsp3) is 0.417. The number of hydrogen-bond acceptors (Lipinski definition) is 3. The van der Waals surface area contributed by atoms with E-state index in [0.29, 0.717) is 13.0 Å². The molecule has 0 aromatic heterocycles. The molecule has 88 valence electrons. The van der Waals surface area contributed by atoms with Crippen LogP contribution in [0.5, 0.6) is 5.75 Å². The Morgan fingerprint density at radius 1 is 1.44 bits per heavy atom. The second-order valence-electron chi connectivity index (χ2n) is 3.91. The molecule has 0 saturated heterocycles. The number of nitrogens with two attached hydrogens (primary N) is 2. The normalized spacial score (nSPS) is 12.2. The molecule has 0 bridgehead atoms. The summed E-state index contributed by atoms with van der Waals surface area (Å²) in [6.07, 6.45) is 0.433. The van der Waals surface area contributed by atoms with Crippen LogP contribution in [-0.2, 0) is 4.79 Å². The quantitative estimate of drug-likeness (QED) is 0.776. The lowest BCUT2D eigenvalue weighted by Gasteiger charge is -2.11. The van der Waals surface area contributed by atoms with Crippen molar-refractivity contribution in [2.24, 2.45) is 11.5 Å². The van der Waals surface area contributed by atoms with E-state index in [9.17, 15) is 4.79 Å². The van der Waals surface area contributed by atoms with Crippen molar-refractivity contribution >= 4 is 5.91 Å². The molecule has 0 fully saturated rings. The van der Waals surface area contributed by atoms with Crippen LogP contribution in [-0.4, -0.2) is 18.6 Å². The van der Waals surface area contributed by atoms with Gasteiger partial charge in [0, 0.05) is 6.42 Å². The van der Waals surface area contributed by atoms with Crippen molar-refractivity contribution in [3.8, 4) is 5.75 Å². The molecular weight excluding hydrogens is 204 g/mol. The van der Waals surface area contributed by atoms with Crippen molar-refractivity contribution in [3.05, 3.63) is 29.3 Å². The number of rotatable bonds is 5. The van der Waals surface area contributed by atoms with E-state index in [1.54, 1.807) is 0 Å². The summed E-state index contributed by atoms with van der Waals surface area (Å²) in [5.41, 5.74) is 12.8. The predicted molar refractivity (Wildman–Crippen MR) is 63.2 cm³/mol. The number of carbonyl (C=O) groups is 1. The van der Waals surface area contributed by atoms with Crippen molar-refractivity contribution in [1.29, 1.82) is 0 Å². The van der Waals surface area contributed by atoms with Gasteiger partial charge in [0.05, 0.1) is 12.6 Å². The van der Waals surface area contributed by atoms with Crippen LogP contribution in [0.2, 0.25) is 0 Å². The summed E-state index contributed by atoms with van der Waals surface area (Å²) >= 11 is 0. The monoisotopic (exact) mass is 222 g/mol. The van der Waals surface area contributed by atoms with Crippen LogP contribution in [0.3, 0.4) is 0 Å². The van der Waals surface area contributed by atoms with E-state index >= 15 is 0 Å². The second kappa shape index (κ2) is 5.51. The molecule has 1 rings (SSSR count). The molecule has 1 aromatic rings. The number of amides is 1. The van der Waals surface area contributed by atoms with Crippen LogP contribution in [0.4, 0.5) is 0 Å². The zero-order valence-electron chi connectivity index (χ0n) is 9.69. The highest BCUT2D eigenvalue weighted by atomic mass is 16.5. The largest absolute Gasteiger partial charge is 0.493 e. The van der Waals surface area contributed by atoms with Gasteiger partial charge in [-0.05, 0) is 25.5 Å². The number of aryl methyl sites for hydroxylation is 2. The molecule has 0 aliphatic rings. The maximum Gasteiger partial charge on any atom is 0.234 e. The molecule has 0 aliphatic heterocycles. The molecule has 4 nitrogen and oxygen atoms in total. The minimum atomic E-state index is -0.634. The van der Waals surface area contributed by atoms with Gasteiger partial charge in [-0.2, -0.15) is 0 Å². The molecule has 0 aliphatic carbocycles.